The second kappa shape index (κ2) is 11.1. The van der Waals surface area contributed by atoms with Crippen molar-refractivity contribution in [3.05, 3.63) is 58.9 Å². The number of carbonyl (C=O) groups is 3. The molecule has 0 unspecified atom stereocenters. The number of aromatic nitrogens is 3. The smallest absolute Gasteiger partial charge is 0.491 e. The molecule has 0 radical (unpaired) electrons. The lowest BCUT2D eigenvalue weighted by atomic mass is 9.86. The summed E-state index contributed by atoms with van der Waals surface area (Å²) < 4.78 is 11.8. The van der Waals surface area contributed by atoms with Crippen molar-refractivity contribution in [2.45, 2.75) is 53.9 Å². The first-order chi connectivity index (χ1) is 18.1. The molecule has 1 heterocycles. The number of carbonyl (C=O) groups excluding carboxylic acids is 2. The molecule has 3 N–H and O–H groups in total. The minimum absolute atomic E-state index is 0.0304. The number of hydrogen-bond donors (Lipinski definition) is 3. The molecule has 1 aromatic heterocycles. The lowest BCUT2D eigenvalue weighted by Gasteiger charge is -2.23. The average Bonchev–Trinajstić information content (AvgIpc) is 3.31. The Hall–Kier alpha value is -4.41. The van der Waals surface area contributed by atoms with Crippen LogP contribution in [0.2, 0.25) is 0 Å². The van der Waals surface area contributed by atoms with Gasteiger partial charge >= 0.3 is 6.16 Å². The largest absolute Gasteiger partial charge is 0.511 e. The number of hydrogen-bond acceptors (Lipinski definition) is 7. The van der Waals surface area contributed by atoms with Gasteiger partial charge in [-0.05, 0) is 53.1 Å². The summed E-state index contributed by atoms with van der Waals surface area (Å²) in [4.78, 5) is 37.1. The Morgan fingerprint density at radius 1 is 1.03 bits per heavy atom. The predicted octanol–water partition coefficient (Wildman–Crippen LogP) is 4.97. The first-order valence-electron chi connectivity index (χ1n) is 12.4. The van der Waals surface area contributed by atoms with Crippen LogP contribution in [0, 0.1) is 12.3 Å². The summed E-state index contributed by atoms with van der Waals surface area (Å²) in [6.45, 7) is 14.2. The second-order valence-electron chi connectivity index (χ2n) is 11.4. The number of methoxy groups -OCH3 is 1. The molecule has 0 saturated carbocycles. The molecular formula is C28H35N5O6. The van der Waals surface area contributed by atoms with Gasteiger partial charge in [0.1, 0.15) is 0 Å². The van der Waals surface area contributed by atoms with E-state index in [1.807, 2.05) is 48.5 Å². The van der Waals surface area contributed by atoms with Gasteiger partial charge in [0.25, 0.3) is 11.8 Å². The van der Waals surface area contributed by atoms with E-state index in [1.165, 1.54) is 18.0 Å². The van der Waals surface area contributed by atoms with Crippen LogP contribution in [-0.4, -0.2) is 51.7 Å². The maximum absolute atomic E-state index is 13.3. The van der Waals surface area contributed by atoms with E-state index in [0.29, 0.717) is 17.8 Å². The molecular weight excluding hydrogens is 502 g/mol. The second-order valence-corrected chi connectivity index (χ2v) is 11.4. The fourth-order valence-corrected chi connectivity index (χ4v) is 3.62. The number of benzene rings is 2. The summed E-state index contributed by atoms with van der Waals surface area (Å²) in [5, 5.41) is 22.9. The molecule has 0 fully saturated rings. The Balaban J connectivity index is 1.93. The summed E-state index contributed by atoms with van der Waals surface area (Å²) in [5.74, 6) is -0.761. The van der Waals surface area contributed by atoms with E-state index in [0.717, 1.165) is 11.1 Å². The average molecular weight is 538 g/mol. The van der Waals surface area contributed by atoms with E-state index in [4.69, 9.17) is 9.47 Å². The van der Waals surface area contributed by atoms with Gasteiger partial charge in [0.05, 0.1) is 24.7 Å². The highest BCUT2D eigenvalue weighted by Crippen LogP contribution is 2.40. The van der Waals surface area contributed by atoms with Gasteiger partial charge in [-0.3, -0.25) is 9.59 Å². The van der Waals surface area contributed by atoms with Gasteiger partial charge in [-0.25, -0.2) is 9.48 Å². The number of ether oxygens (including phenoxy) is 2. The molecule has 2 aromatic carbocycles. The van der Waals surface area contributed by atoms with Crippen molar-refractivity contribution in [1.29, 1.82) is 0 Å². The van der Waals surface area contributed by atoms with Gasteiger partial charge in [0, 0.05) is 12.1 Å². The molecule has 0 aliphatic heterocycles. The lowest BCUT2D eigenvalue weighted by Crippen LogP contribution is -2.32. The predicted molar refractivity (Wildman–Crippen MR) is 146 cm³/mol. The highest BCUT2D eigenvalue weighted by atomic mass is 16.7. The zero-order valence-corrected chi connectivity index (χ0v) is 23.5. The third-order valence-electron chi connectivity index (χ3n) is 5.79. The van der Waals surface area contributed by atoms with Crippen molar-refractivity contribution in [2.24, 2.45) is 5.41 Å². The summed E-state index contributed by atoms with van der Waals surface area (Å²) in [7, 11) is 1.36. The molecule has 0 spiro atoms. The Morgan fingerprint density at radius 2 is 1.72 bits per heavy atom. The van der Waals surface area contributed by atoms with Crippen LogP contribution >= 0.6 is 0 Å². The molecule has 208 valence electrons. The quantitative estimate of drug-likeness (QED) is 0.283. The van der Waals surface area contributed by atoms with E-state index < -0.39 is 12.1 Å². The number of aryl methyl sites for hydroxylation is 1. The molecule has 3 aromatic rings. The van der Waals surface area contributed by atoms with E-state index in [1.54, 1.807) is 30.3 Å². The fraction of sp³-hybridized carbons (Fsp3) is 0.393. The van der Waals surface area contributed by atoms with Crippen molar-refractivity contribution in [1.82, 2.24) is 20.3 Å². The summed E-state index contributed by atoms with van der Waals surface area (Å²) >= 11 is 0. The maximum Gasteiger partial charge on any atom is 0.511 e. The van der Waals surface area contributed by atoms with Gasteiger partial charge in [-0.15, -0.1) is 5.10 Å². The van der Waals surface area contributed by atoms with Gasteiger partial charge in [-0.1, -0.05) is 52.8 Å². The number of carboxylic acid groups (broad SMARTS) is 1. The molecule has 0 saturated heterocycles. The van der Waals surface area contributed by atoms with Crippen molar-refractivity contribution < 1.29 is 29.0 Å². The molecule has 0 aliphatic rings. The van der Waals surface area contributed by atoms with Gasteiger partial charge in [0.2, 0.25) is 0 Å². The molecule has 39 heavy (non-hydrogen) atoms. The number of nitrogens with zero attached hydrogens (tertiary/aromatic N) is 3. The van der Waals surface area contributed by atoms with Crippen molar-refractivity contribution >= 4 is 23.7 Å². The van der Waals surface area contributed by atoms with Gasteiger partial charge in [0.15, 0.2) is 17.2 Å². The first kappa shape index (κ1) is 29.2. The molecule has 0 atom stereocenters. The van der Waals surface area contributed by atoms with Crippen LogP contribution in [0.5, 0.6) is 11.5 Å². The molecule has 11 heteroatoms. The number of nitrogens with one attached hydrogen (secondary N) is 2. The standard InChI is InChI=1S/C28H35N5O6/c1-16-9-10-17(11-21(16)33-14-20(31-32-33)25(35)29-15-27(2,3)4)24(34)30-19-12-18(28(5,6)7)13-22(23(19)38-8)39-26(36)37/h9-14H,15H2,1-8H3,(H,29,35)(H,30,34)(H,36,37). The fourth-order valence-electron chi connectivity index (χ4n) is 3.62. The Bertz CT molecular complexity index is 1400. The third-order valence-corrected chi connectivity index (χ3v) is 5.79. The molecule has 3 rings (SSSR count). The molecule has 0 aliphatic carbocycles. The van der Waals surface area contributed by atoms with Crippen molar-refractivity contribution in [3.63, 3.8) is 0 Å². The third kappa shape index (κ3) is 7.34. The summed E-state index contributed by atoms with van der Waals surface area (Å²) in [6, 6.07) is 8.34. The minimum Gasteiger partial charge on any atom is -0.491 e. The first-order valence-corrected chi connectivity index (χ1v) is 12.4. The molecule has 11 nitrogen and oxygen atoms in total. The summed E-state index contributed by atoms with van der Waals surface area (Å²) in [5.41, 5.74) is 2.36. The molecule has 0 bridgehead atoms. The lowest BCUT2D eigenvalue weighted by molar-refractivity contribution is 0.0933. The van der Waals surface area contributed by atoms with Crippen LogP contribution in [0.15, 0.2) is 36.5 Å². The molecule has 2 amide bonds. The van der Waals surface area contributed by atoms with Gasteiger partial charge < -0.3 is 25.2 Å². The van der Waals surface area contributed by atoms with Crippen LogP contribution in [0.3, 0.4) is 0 Å². The Kier molecular flexibility index (Phi) is 8.33. The van der Waals surface area contributed by atoms with E-state index >= 15 is 0 Å². The minimum atomic E-state index is -1.50. The SMILES string of the molecule is COc1c(NC(=O)c2ccc(C)c(-n3cc(C(=O)NCC(C)(C)C)nn3)c2)cc(C(C)(C)C)cc1OC(=O)O. The number of anilines is 1. The van der Waals surface area contributed by atoms with E-state index in [2.05, 4.69) is 20.9 Å². The van der Waals surface area contributed by atoms with Crippen LogP contribution in [0.4, 0.5) is 10.5 Å². The number of rotatable bonds is 7. The zero-order valence-electron chi connectivity index (χ0n) is 23.5. The Morgan fingerprint density at radius 3 is 2.31 bits per heavy atom. The van der Waals surface area contributed by atoms with E-state index in [9.17, 15) is 19.5 Å². The van der Waals surface area contributed by atoms with E-state index in [-0.39, 0.29) is 39.6 Å². The van der Waals surface area contributed by atoms with Crippen LogP contribution in [0.1, 0.15) is 73.5 Å². The summed E-state index contributed by atoms with van der Waals surface area (Å²) in [6.07, 6.45) is 0.00647. The highest BCUT2D eigenvalue weighted by Gasteiger charge is 2.24. The van der Waals surface area contributed by atoms with Crippen LogP contribution < -0.4 is 20.1 Å². The van der Waals surface area contributed by atoms with Crippen LogP contribution in [0.25, 0.3) is 5.69 Å². The topological polar surface area (TPSA) is 145 Å². The van der Waals surface area contributed by atoms with Gasteiger partial charge in [-0.2, -0.15) is 0 Å². The van der Waals surface area contributed by atoms with Crippen LogP contribution in [-0.2, 0) is 5.41 Å². The highest BCUT2D eigenvalue weighted by molar-refractivity contribution is 6.06. The normalized spacial score (nSPS) is 11.6. The maximum atomic E-state index is 13.3. The van der Waals surface area contributed by atoms with Crippen molar-refractivity contribution in [2.75, 3.05) is 19.0 Å². The zero-order chi connectivity index (χ0) is 29.1. The number of amides is 2. The van der Waals surface area contributed by atoms with Crippen molar-refractivity contribution in [3.8, 4) is 17.2 Å². The monoisotopic (exact) mass is 537 g/mol. The Labute approximate surface area is 227 Å².